The predicted octanol–water partition coefficient (Wildman–Crippen LogP) is 4.44. The Kier molecular flexibility index (Phi) is 4.88. The maximum absolute atomic E-state index is 12.8. The summed E-state index contributed by atoms with van der Waals surface area (Å²) in [5, 5.41) is 3.55. The summed E-state index contributed by atoms with van der Waals surface area (Å²) >= 11 is 6.07. The van der Waals surface area contributed by atoms with E-state index < -0.39 is 0 Å². The van der Waals surface area contributed by atoms with Crippen molar-refractivity contribution in [1.29, 1.82) is 0 Å². The summed E-state index contributed by atoms with van der Waals surface area (Å²) in [6, 6.07) is 14.7. The van der Waals surface area contributed by atoms with Gasteiger partial charge >= 0.3 is 0 Å². The molecule has 1 amide bonds. The molecule has 0 aromatic heterocycles. The highest BCUT2D eigenvalue weighted by molar-refractivity contribution is 6.31. The Morgan fingerprint density at radius 2 is 2.04 bits per heavy atom. The van der Waals surface area contributed by atoms with Crippen molar-refractivity contribution >= 4 is 23.2 Å². The first kappa shape index (κ1) is 17.4. The zero-order valence-corrected chi connectivity index (χ0v) is 15.6. The molecule has 0 aliphatic heterocycles. The second-order valence-corrected chi connectivity index (χ2v) is 7.49. The van der Waals surface area contributed by atoms with Crippen LogP contribution in [0.15, 0.2) is 42.5 Å². The average molecular weight is 371 g/mol. The van der Waals surface area contributed by atoms with Gasteiger partial charge in [-0.05, 0) is 55.0 Å². The molecule has 2 aliphatic carbocycles. The van der Waals surface area contributed by atoms with Crippen LogP contribution in [0.2, 0.25) is 5.02 Å². The van der Waals surface area contributed by atoms with Gasteiger partial charge in [0.05, 0.1) is 19.3 Å². The van der Waals surface area contributed by atoms with E-state index in [1.165, 1.54) is 24.0 Å². The van der Waals surface area contributed by atoms with Crippen LogP contribution in [-0.4, -0.2) is 30.5 Å². The summed E-state index contributed by atoms with van der Waals surface area (Å²) in [7, 11) is 1.59. The van der Waals surface area contributed by atoms with E-state index in [0.29, 0.717) is 35.1 Å². The van der Waals surface area contributed by atoms with Crippen LogP contribution >= 0.6 is 11.6 Å². The Hall–Kier alpha value is -2.04. The Labute approximate surface area is 159 Å². The molecule has 5 heteroatoms. The van der Waals surface area contributed by atoms with E-state index >= 15 is 0 Å². The minimum absolute atomic E-state index is 0.0261. The van der Waals surface area contributed by atoms with Gasteiger partial charge in [0.15, 0.2) is 0 Å². The van der Waals surface area contributed by atoms with E-state index in [2.05, 4.69) is 34.5 Å². The van der Waals surface area contributed by atoms with Gasteiger partial charge in [-0.15, -0.1) is 0 Å². The molecule has 0 radical (unpaired) electrons. The van der Waals surface area contributed by atoms with Crippen LogP contribution in [-0.2, 0) is 11.2 Å². The number of aryl methyl sites for hydroxylation is 1. The summed E-state index contributed by atoms with van der Waals surface area (Å²) in [4.78, 5) is 15.1. The molecule has 1 N–H and O–H groups in total. The van der Waals surface area contributed by atoms with Gasteiger partial charge in [-0.1, -0.05) is 35.9 Å². The summed E-state index contributed by atoms with van der Waals surface area (Å²) in [5.74, 6) is 0.591. The fourth-order valence-electron chi connectivity index (χ4n) is 3.91. The molecule has 26 heavy (non-hydrogen) atoms. The number of ether oxygens (including phenoxy) is 1. The van der Waals surface area contributed by atoms with Crippen molar-refractivity contribution < 1.29 is 9.53 Å². The minimum atomic E-state index is -0.0261. The molecule has 1 atom stereocenters. The number of rotatable bonds is 6. The third-order valence-corrected chi connectivity index (χ3v) is 5.51. The van der Waals surface area contributed by atoms with Crippen LogP contribution in [0.5, 0.6) is 5.75 Å². The summed E-state index contributed by atoms with van der Waals surface area (Å²) in [6.07, 6.45) is 4.52. The maximum Gasteiger partial charge on any atom is 0.238 e. The van der Waals surface area contributed by atoms with Crippen LogP contribution < -0.4 is 10.1 Å². The van der Waals surface area contributed by atoms with E-state index in [1.807, 2.05) is 0 Å². The number of methoxy groups -OCH3 is 1. The topological polar surface area (TPSA) is 41.6 Å². The lowest BCUT2D eigenvalue weighted by Crippen LogP contribution is -2.37. The number of hydrogen-bond acceptors (Lipinski definition) is 3. The second kappa shape index (κ2) is 7.29. The SMILES string of the molecule is COc1ccc(Cl)cc1NC(=O)CN(C1CC1)C1CCc2ccccc21. The third-order valence-electron chi connectivity index (χ3n) is 5.28. The molecule has 1 saturated carbocycles. The Balaban J connectivity index is 1.50. The van der Waals surface area contributed by atoms with E-state index in [-0.39, 0.29) is 5.91 Å². The second-order valence-electron chi connectivity index (χ2n) is 7.05. The fraction of sp³-hybridized carbons (Fsp3) is 0.381. The Morgan fingerprint density at radius 1 is 1.23 bits per heavy atom. The van der Waals surface area contributed by atoms with Gasteiger partial charge in [-0.2, -0.15) is 0 Å². The van der Waals surface area contributed by atoms with E-state index in [1.54, 1.807) is 25.3 Å². The molecule has 4 rings (SSSR count). The predicted molar refractivity (Wildman–Crippen MR) is 104 cm³/mol. The van der Waals surface area contributed by atoms with Crippen molar-refractivity contribution in [2.24, 2.45) is 0 Å². The number of carbonyl (C=O) groups excluding carboxylic acids is 1. The van der Waals surface area contributed by atoms with Crippen LogP contribution in [0.4, 0.5) is 5.69 Å². The van der Waals surface area contributed by atoms with Crippen molar-refractivity contribution in [3.63, 3.8) is 0 Å². The van der Waals surface area contributed by atoms with E-state index in [4.69, 9.17) is 16.3 Å². The standard InChI is InChI=1S/C21H23ClN2O2/c1-26-20-11-7-15(22)12-18(20)23-21(25)13-24(16-8-9-16)19-10-6-14-4-2-3-5-17(14)19/h2-5,7,11-12,16,19H,6,8-10,13H2,1H3,(H,23,25). The van der Waals surface area contributed by atoms with Crippen molar-refractivity contribution in [3.8, 4) is 5.75 Å². The van der Waals surface area contributed by atoms with Crippen LogP contribution in [0, 0.1) is 0 Å². The van der Waals surface area contributed by atoms with Crippen LogP contribution in [0.25, 0.3) is 0 Å². The molecule has 1 fully saturated rings. The quantitative estimate of drug-likeness (QED) is 0.817. The Morgan fingerprint density at radius 3 is 2.81 bits per heavy atom. The molecule has 0 heterocycles. The van der Waals surface area contributed by atoms with Gasteiger partial charge in [-0.3, -0.25) is 9.69 Å². The summed E-state index contributed by atoms with van der Waals surface area (Å²) in [5.41, 5.74) is 3.42. The molecule has 1 unspecified atom stereocenters. The molecule has 0 saturated heterocycles. The normalized spacial score (nSPS) is 18.7. The smallest absolute Gasteiger partial charge is 0.238 e. The molecule has 0 bridgehead atoms. The Bertz CT molecular complexity index is 819. The number of nitrogens with one attached hydrogen (secondary N) is 1. The van der Waals surface area contributed by atoms with Crippen molar-refractivity contribution in [3.05, 3.63) is 58.6 Å². The van der Waals surface area contributed by atoms with Gasteiger partial charge < -0.3 is 10.1 Å². The highest BCUT2D eigenvalue weighted by atomic mass is 35.5. The van der Waals surface area contributed by atoms with Crippen molar-refractivity contribution in [1.82, 2.24) is 4.90 Å². The molecule has 2 aliphatic rings. The lowest BCUT2D eigenvalue weighted by molar-refractivity contribution is -0.118. The van der Waals surface area contributed by atoms with Gasteiger partial charge in [0.1, 0.15) is 5.75 Å². The first-order valence-electron chi connectivity index (χ1n) is 9.12. The fourth-order valence-corrected chi connectivity index (χ4v) is 4.08. The lowest BCUT2D eigenvalue weighted by Gasteiger charge is -2.29. The first-order chi connectivity index (χ1) is 12.7. The molecule has 2 aromatic carbocycles. The lowest BCUT2D eigenvalue weighted by atomic mass is 10.1. The summed E-state index contributed by atoms with van der Waals surface area (Å²) < 4.78 is 5.33. The van der Waals surface area contributed by atoms with Crippen LogP contribution in [0.3, 0.4) is 0 Å². The maximum atomic E-state index is 12.8. The van der Waals surface area contributed by atoms with E-state index in [9.17, 15) is 4.79 Å². The third kappa shape index (κ3) is 3.57. The number of fused-ring (bicyclic) bond motifs is 1. The highest BCUT2D eigenvalue weighted by Gasteiger charge is 2.38. The number of halogens is 1. The number of amides is 1. The van der Waals surface area contributed by atoms with Gasteiger partial charge in [0.25, 0.3) is 0 Å². The van der Waals surface area contributed by atoms with Gasteiger partial charge in [0.2, 0.25) is 5.91 Å². The monoisotopic (exact) mass is 370 g/mol. The zero-order valence-electron chi connectivity index (χ0n) is 14.9. The molecule has 136 valence electrons. The number of carbonyl (C=O) groups is 1. The van der Waals surface area contributed by atoms with Gasteiger partial charge in [-0.25, -0.2) is 0 Å². The number of anilines is 1. The average Bonchev–Trinajstić information content (AvgIpc) is 3.39. The number of hydrogen-bond donors (Lipinski definition) is 1. The molecule has 2 aromatic rings. The highest BCUT2D eigenvalue weighted by Crippen LogP contribution is 2.41. The minimum Gasteiger partial charge on any atom is -0.495 e. The zero-order chi connectivity index (χ0) is 18.1. The first-order valence-corrected chi connectivity index (χ1v) is 9.50. The summed E-state index contributed by atoms with van der Waals surface area (Å²) in [6.45, 7) is 0.388. The van der Waals surface area contributed by atoms with Crippen molar-refractivity contribution in [2.45, 2.75) is 37.8 Å². The van der Waals surface area contributed by atoms with Crippen molar-refractivity contribution in [2.75, 3.05) is 19.0 Å². The van der Waals surface area contributed by atoms with E-state index in [0.717, 1.165) is 12.8 Å². The largest absolute Gasteiger partial charge is 0.495 e. The van der Waals surface area contributed by atoms with Gasteiger partial charge in [0, 0.05) is 17.1 Å². The molecular formula is C21H23ClN2O2. The number of nitrogens with zero attached hydrogens (tertiary/aromatic N) is 1. The van der Waals surface area contributed by atoms with Crippen LogP contribution in [0.1, 0.15) is 36.4 Å². The number of benzene rings is 2. The molecule has 0 spiro atoms. The molecule has 4 nitrogen and oxygen atoms in total. The molecular weight excluding hydrogens is 348 g/mol.